The second-order valence-corrected chi connectivity index (χ2v) is 5.62. The van der Waals surface area contributed by atoms with Crippen LogP contribution in [0.1, 0.15) is 24.2 Å². The largest absolute Gasteiger partial charge is 0.349 e. The number of rotatable bonds is 4. The van der Waals surface area contributed by atoms with Gasteiger partial charge in [-0.2, -0.15) is 0 Å². The van der Waals surface area contributed by atoms with Gasteiger partial charge >= 0.3 is 0 Å². The van der Waals surface area contributed by atoms with E-state index in [-0.39, 0.29) is 17.9 Å². The van der Waals surface area contributed by atoms with Gasteiger partial charge in [-0.05, 0) is 47.0 Å². The zero-order chi connectivity index (χ0) is 13.0. The summed E-state index contributed by atoms with van der Waals surface area (Å²) in [7, 11) is 0. The van der Waals surface area contributed by atoms with E-state index in [4.69, 9.17) is 23.2 Å². The van der Waals surface area contributed by atoms with Crippen LogP contribution in [0.2, 0.25) is 5.02 Å². The molecule has 0 aromatic heterocycles. The molecule has 0 bridgehead atoms. The first-order chi connectivity index (χ1) is 7.95. The lowest BCUT2D eigenvalue weighted by molar-refractivity contribution is 0.0930. The molecule has 0 saturated heterocycles. The standard InChI is InChI=1S/C12H14BrCl2NO/c1-7(6-14)8(2)16-12(17)10-5-9(15)3-4-11(10)13/h3-5,7-8H,6H2,1-2H3,(H,16,17). The Labute approximate surface area is 120 Å². The smallest absolute Gasteiger partial charge is 0.252 e. The zero-order valence-electron chi connectivity index (χ0n) is 9.64. The summed E-state index contributed by atoms with van der Waals surface area (Å²) >= 11 is 14.9. The maximum atomic E-state index is 12.0. The Hall–Kier alpha value is -0.250. The molecule has 5 heteroatoms. The Morgan fingerprint density at radius 1 is 1.47 bits per heavy atom. The quantitative estimate of drug-likeness (QED) is 0.823. The molecule has 1 amide bonds. The molecular weight excluding hydrogens is 325 g/mol. The minimum absolute atomic E-state index is 0.0193. The number of nitrogens with one attached hydrogen (secondary N) is 1. The predicted molar refractivity (Wildman–Crippen MR) is 76.0 cm³/mol. The molecule has 0 heterocycles. The molecule has 2 atom stereocenters. The molecule has 2 nitrogen and oxygen atoms in total. The lowest BCUT2D eigenvalue weighted by atomic mass is 10.1. The van der Waals surface area contributed by atoms with Gasteiger partial charge in [0, 0.05) is 21.4 Å². The van der Waals surface area contributed by atoms with Crippen LogP contribution >= 0.6 is 39.1 Å². The second kappa shape index (κ2) is 6.62. The van der Waals surface area contributed by atoms with Gasteiger partial charge in [0.15, 0.2) is 0 Å². The average Bonchev–Trinajstić information content (AvgIpc) is 2.30. The van der Waals surface area contributed by atoms with Crippen molar-refractivity contribution >= 4 is 45.0 Å². The van der Waals surface area contributed by atoms with Gasteiger partial charge in [0.1, 0.15) is 0 Å². The fourth-order valence-electron chi connectivity index (χ4n) is 1.23. The molecule has 94 valence electrons. The Morgan fingerprint density at radius 2 is 2.12 bits per heavy atom. The van der Waals surface area contributed by atoms with Crippen LogP contribution in [0.4, 0.5) is 0 Å². The number of alkyl halides is 1. The van der Waals surface area contributed by atoms with Gasteiger partial charge < -0.3 is 5.32 Å². The van der Waals surface area contributed by atoms with E-state index in [1.807, 2.05) is 13.8 Å². The van der Waals surface area contributed by atoms with Crippen LogP contribution in [0.3, 0.4) is 0 Å². The lowest BCUT2D eigenvalue weighted by Gasteiger charge is -2.19. The SMILES string of the molecule is CC(CCl)C(C)NC(=O)c1cc(Cl)ccc1Br. The number of carbonyl (C=O) groups excluding carboxylic acids is 1. The molecule has 0 aliphatic heterocycles. The fourth-order valence-corrected chi connectivity index (χ4v) is 2.10. The third kappa shape index (κ3) is 4.16. The molecule has 1 N–H and O–H groups in total. The van der Waals surface area contributed by atoms with E-state index in [9.17, 15) is 4.79 Å². The number of benzene rings is 1. The lowest BCUT2D eigenvalue weighted by Crippen LogP contribution is -2.37. The first-order valence-corrected chi connectivity index (χ1v) is 6.98. The van der Waals surface area contributed by atoms with Crippen molar-refractivity contribution in [3.63, 3.8) is 0 Å². The van der Waals surface area contributed by atoms with Crippen molar-refractivity contribution in [2.24, 2.45) is 5.92 Å². The molecule has 17 heavy (non-hydrogen) atoms. The van der Waals surface area contributed by atoms with Crippen molar-refractivity contribution in [2.75, 3.05) is 5.88 Å². The van der Waals surface area contributed by atoms with Crippen LogP contribution in [0.25, 0.3) is 0 Å². The van der Waals surface area contributed by atoms with Gasteiger partial charge in [0.05, 0.1) is 5.56 Å². The van der Waals surface area contributed by atoms with Gasteiger partial charge in [-0.15, -0.1) is 11.6 Å². The van der Waals surface area contributed by atoms with E-state index in [2.05, 4.69) is 21.2 Å². The van der Waals surface area contributed by atoms with Gasteiger partial charge in [0.25, 0.3) is 5.91 Å². The summed E-state index contributed by atoms with van der Waals surface area (Å²) in [4.78, 5) is 12.0. The van der Waals surface area contributed by atoms with Crippen molar-refractivity contribution in [1.29, 1.82) is 0 Å². The van der Waals surface area contributed by atoms with Crippen LogP contribution in [-0.2, 0) is 0 Å². The number of hydrogen-bond donors (Lipinski definition) is 1. The Balaban J connectivity index is 2.79. The number of amides is 1. The van der Waals surface area contributed by atoms with Crippen molar-refractivity contribution in [3.05, 3.63) is 33.3 Å². The molecule has 1 aromatic carbocycles. The zero-order valence-corrected chi connectivity index (χ0v) is 12.7. The highest BCUT2D eigenvalue weighted by Gasteiger charge is 2.16. The molecule has 0 spiro atoms. The van der Waals surface area contributed by atoms with Crippen molar-refractivity contribution in [2.45, 2.75) is 19.9 Å². The first-order valence-electron chi connectivity index (χ1n) is 5.27. The Kier molecular flexibility index (Phi) is 5.77. The highest BCUT2D eigenvalue weighted by Crippen LogP contribution is 2.21. The van der Waals surface area contributed by atoms with Crippen LogP contribution in [0.15, 0.2) is 22.7 Å². The highest BCUT2D eigenvalue weighted by atomic mass is 79.9. The first kappa shape index (κ1) is 14.8. The Morgan fingerprint density at radius 3 is 2.71 bits per heavy atom. The van der Waals surface area contributed by atoms with Gasteiger partial charge in [0.2, 0.25) is 0 Å². The third-order valence-corrected chi connectivity index (χ3v) is 4.04. The monoisotopic (exact) mass is 337 g/mol. The maximum absolute atomic E-state index is 12.0. The molecule has 0 aliphatic rings. The number of carbonyl (C=O) groups is 1. The minimum Gasteiger partial charge on any atom is -0.349 e. The summed E-state index contributed by atoms with van der Waals surface area (Å²) < 4.78 is 0.727. The van der Waals surface area contributed by atoms with Crippen LogP contribution in [-0.4, -0.2) is 17.8 Å². The molecular formula is C12H14BrCl2NO. The molecule has 0 aliphatic carbocycles. The van der Waals surface area contributed by atoms with Gasteiger partial charge in [-0.3, -0.25) is 4.79 Å². The van der Waals surface area contributed by atoms with Gasteiger partial charge in [-0.1, -0.05) is 18.5 Å². The van der Waals surface area contributed by atoms with Crippen LogP contribution in [0.5, 0.6) is 0 Å². The van der Waals surface area contributed by atoms with E-state index >= 15 is 0 Å². The summed E-state index contributed by atoms with van der Waals surface area (Å²) in [5.74, 6) is 0.584. The van der Waals surface area contributed by atoms with E-state index in [1.54, 1.807) is 18.2 Å². The number of halogens is 3. The average molecular weight is 339 g/mol. The third-order valence-electron chi connectivity index (χ3n) is 2.63. The molecule has 0 saturated carbocycles. The van der Waals surface area contributed by atoms with E-state index in [0.29, 0.717) is 16.5 Å². The topological polar surface area (TPSA) is 29.1 Å². The van der Waals surface area contributed by atoms with Crippen LogP contribution in [0, 0.1) is 5.92 Å². The highest BCUT2D eigenvalue weighted by molar-refractivity contribution is 9.10. The summed E-state index contributed by atoms with van der Waals surface area (Å²) in [6, 6.07) is 5.14. The molecule has 1 rings (SSSR count). The number of hydrogen-bond acceptors (Lipinski definition) is 1. The molecule has 0 fully saturated rings. The van der Waals surface area contributed by atoms with E-state index < -0.39 is 0 Å². The molecule has 0 radical (unpaired) electrons. The normalized spacial score (nSPS) is 14.2. The Bertz CT molecular complexity index is 411. The maximum Gasteiger partial charge on any atom is 0.252 e. The fraction of sp³-hybridized carbons (Fsp3) is 0.417. The summed E-state index contributed by atoms with van der Waals surface area (Å²) in [5, 5.41) is 3.44. The van der Waals surface area contributed by atoms with E-state index in [0.717, 1.165) is 4.47 Å². The summed E-state index contributed by atoms with van der Waals surface area (Å²) in [6.07, 6.45) is 0. The van der Waals surface area contributed by atoms with E-state index in [1.165, 1.54) is 0 Å². The predicted octanol–water partition coefficient (Wildman–Crippen LogP) is 4.10. The summed E-state index contributed by atoms with van der Waals surface area (Å²) in [5.41, 5.74) is 0.533. The van der Waals surface area contributed by atoms with Gasteiger partial charge in [-0.25, -0.2) is 0 Å². The van der Waals surface area contributed by atoms with Crippen molar-refractivity contribution < 1.29 is 4.79 Å². The van der Waals surface area contributed by atoms with Crippen molar-refractivity contribution in [1.82, 2.24) is 5.32 Å². The molecule has 1 aromatic rings. The van der Waals surface area contributed by atoms with Crippen LogP contribution < -0.4 is 5.32 Å². The van der Waals surface area contributed by atoms with Crippen molar-refractivity contribution in [3.8, 4) is 0 Å². The minimum atomic E-state index is -0.149. The summed E-state index contributed by atoms with van der Waals surface area (Å²) in [6.45, 7) is 3.92. The molecule has 2 unspecified atom stereocenters. The second-order valence-electron chi connectivity index (χ2n) is 4.02.